The Morgan fingerprint density at radius 2 is 1.90 bits per heavy atom. The maximum Gasteiger partial charge on any atom is 0.254 e. The Kier molecular flexibility index (Phi) is 5.74. The van der Waals surface area contributed by atoms with E-state index in [9.17, 15) is 9.18 Å². The number of rotatable bonds is 4. The summed E-state index contributed by atoms with van der Waals surface area (Å²) in [6, 6.07) is 15.6. The molecule has 2 heterocycles. The third-order valence-corrected chi connectivity index (χ3v) is 5.44. The van der Waals surface area contributed by atoms with Gasteiger partial charge in [0.05, 0.1) is 11.7 Å². The molecule has 0 unspecified atom stereocenters. The number of amides is 1. The molecule has 1 aliphatic heterocycles. The lowest BCUT2D eigenvalue weighted by molar-refractivity contribution is 0.0607. The number of benzene rings is 2. The van der Waals surface area contributed by atoms with Crippen molar-refractivity contribution in [1.29, 1.82) is 0 Å². The minimum absolute atomic E-state index is 0.00416. The maximum absolute atomic E-state index is 13.9. The van der Waals surface area contributed by atoms with Crippen LogP contribution in [-0.2, 0) is 0 Å². The standard InChI is InChI=1S/C24H25FN4O/c1-28(2)24-26-16-20(18-11-8-12-19(25)15-18)22(27-24)21-13-6-7-14-29(21)23(30)17-9-4-3-5-10-17/h3-5,8-12,15-16,21H,6-7,13-14H2,1-2H3/t21-/m0/s1. The summed E-state index contributed by atoms with van der Waals surface area (Å²) in [5, 5.41) is 0. The highest BCUT2D eigenvalue weighted by molar-refractivity contribution is 5.94. The van der Waals surface area contributed by atoms with Crippen LogP contribution < -0.4 is 4.90 Å². The highest BCUT2D eigenvalue weighted by atomic mass is 19.1. The second-order valence-electron chi connectivity index (χ2n) is 7.75. The fourth-order valence-electron chi connectivity index (χ4n) is 3.94. The fourth-order valence-corrected chi connectivity index (χ4v) is 3.94. The molecule has 1 fully saturated rings. The van der Waals surface area contributed by atoms with Crippen LogP contribution in [0.2, 0.25) is 0 Å². The number of hydrogen-bond acceptors (Lipinski definition) is 4. The van der Waals surface area contributed by atoms with Gasteiger partial charge in [0.1, 0.15) is 5.82 Å². The lowest BCUT2D eigenvalue weighted by Gasteiger charge is -2.36. The van der Waals surface area contributed by atoms with E-state index >= 15 is 0 Å². The molecule has 3 aromatic rings. The van der Waals surface area contributed by atoms with E-state index in [0.29, 0.717) is 23.6 Å². The highest BCUT2D eigenvalue weighted by Gasteiger charge is 2.32. The third kappa shape index (κ3) is 4.03. The van der Waals surface area contributed by atoms with E-state index in [1.807, 2.05) is 60.3 Å². The van der Waals surface area contributed by atoms with E-state index in [1.54, 1.807) is 12.3 Å². The van der Waals surface area contributed by atoms with Gasteiger partial charge in [-0.1, -0.05) is 30.3 Å². The summed E-state index contributed by atoms with van der Waals surface area (Å²) < 4.78 is 13.9. The van der Waals surface area contributed by atoms with Gasteiger partial charge in [0, 0.05) is 38.0 Å². The van der Waals surface area contributed by atoms with Crippen molar-refractivity contribution in [1.82, 2.24) is 14.9 Å². The largest absolute Gasteiger partial charge is 0.347 e. The quantitative estimate of drug-likeness (QED) is 0.632. The molecular formula is C24H25FN4O. The second-order valence-corrected chi connectivity index (χ2v) is 7.75. The van der Waals surface area contributed by atoms with Gasteiger partial charge in [-0.05, 0) is 49.1 Å². The number of piperidine rings is 1. The normalized spacial score (nSPS) is 16.4. The summed E-state index contributed by atoms with van der Waals surface area (Å²) in [5.74, 6) is 0.259. The number of nitrogens with zero attached hydrogens (tertiary/aromatic N) is 4. The summed E-state index contributed by atoms with van der Waals surface area (Å²) >= 11 is 0. The van der Waals surface area contributed by atoms with Crippen LogP contribution in [0.15, 0.2) is 60.8 Å². The molecule has 0 N–H and O–H groups in total. The number of hydrogen-bond donors (Lipinski definition) is 0. The van der Waals surface area contributed by atoms with Crippen molar-refractivity contribution < 1.29 is 9.18 Å². The minimum Gasteiger partial charge on any atom is -0.347 e. The molecule has 4 rings (SSSR count). The first-order valence-electron chi connectivity index (χ1n) is 10.2. The van der Waals surface area contributed by atoms with Gasteiger partial charge in [0.2, 0.25) is 5.95 Å². The number of likely N-dealkylation sites (tertiary alicyclic amines) is 1. The van der Waals surface area contributed by atoms with Crippen LogP contribution >= 0.6 is 0 Å². The molecule has 0 saturated carbocycles. The fraction of sp³-hybridized carbons (Fsp3) is 0.292. The van der Waals surface area contributed by atoms with Gasteiger partial charge in [-0.25, -0.2) is 14.4 Å². The summed E-state index contributed by atoms with van der Waals surface area (Å²) in [6.07, 6.45) is 4.51. The van der Waals surface area contributed by atoms with Crippen LogP contribution in [0.3, 0.4) is 0 Å². The second kappa shape index (κ2) is 8.61. The Labute approximate surface area is 176 Å². The summed E-state index contributed by atoms with van der Waals surface area (Å²) in [4.78, 5) is 26.3. The van der Waals surface area contributed by atoms with E-state index in [2.05, 4.69) is 4.98 Å². The van der Waals surface area contributed by atoms with Crippen molar-refractivity contribution in [3.05, 3.63) is 77.9 Å². The molecule has 1 aromatic heterocycles. The Bertz CT molecular complexity index is 1040. The van der Waals surface area contributed by atoms with Crippen LogP contribution in [0.1, 0.15) is 41.4 Å². The first-order chi connectivity index (χ1) is 14.5. The lowest BCUT2D eigenvalue weighted by atomic mass is 9.93. The van der Waals surface area contributed by atoms with E-state index in [1.165, 1.54) is 12.1 Å². The van der Waals surface area contributed by atoms with Crippen molar-refractivity contribution in [2.24, 2.45) is 0 Å². The van der Waals surface area contributed by atoms with Gasteiger partial charge >= 0.3 is 0 Å². The molecule has 1 atom stereocenters. The van der Waals surface area contributed by atoms with Crippen LogP contribution in [-0.4, -0.2) is 41.4 Å². The molecule has 30 heavy (non-hydrogen) atoms. The number of halogens is 1. The van der Waals surface area contributed by atoms with Crippen molar-refractivity contribution in [2.45, 2.75) is 25.3 Å². The van der Waals surface area contributed by atoms with Gasteiger partial charge in [0.15, 0.2) is 0 Å². The molecule has 154 valence electrons. The van der Waals surface area contributed by atoms with Crippen molar-refractivity contribution in [2.75, 3.05) is 25.5 Å². The van der Waals surface area contributed by atoms with E-state index in [4.69, 9.17) is 4.98 Å². The van der Waals surface area contributed by atoms with E-state index in [0.717, 1.165) is 30.5 Å². The van der Waals surface area contributed by atoms with Crippen molar-refractivity contribution >= 4 is 11.9 Å². The molecule has 5 nitrogen and oxygen atoms in total. The average molecular weight is 404 g/mol. The van der Waals surface area contributed by atoms with E-state index < -0.39 is 0 Å². The van der Waals surface area contributed by atoms with Gasteiger partial charge in [-0.3, -0.25) is 4.79 Å². The maximum atomic E-state index is 13.9. The molecular weight excluding hydrogens is 379 g/mol. The highest BCUT2D eigenvalue weighted by Crippen LogP contribution is 2.37. The number of aromatic nitrogens is 2. The predicted octanol–water partition coefficient (Wildman–Crippen LogP) is 4.72. The molecule has 2 aromatic carbocycles. The Hall–Kier alpha value is -3.28. The zero-order chi connectivity index (χ0) is 21.1. The van der Waals surface area contributed by atoms with Crippen molar-refractivity contribution in [3.63, 3.8) is 0 Å². The lowest BCUT2D eigenvalue weighted by Crippen LogP contribution is -2.39. The zero-order valence-corrected chi connectivity index (χ0v) is 17.3. The Morgan fingerprint density at radius 3 is 2.63 bits per heavy atom. The Morgan fingerprint density at radius 1 is 1.10 bits per heavy atom. The van der Waals surface area contributed by atoms with Gasteiger partial charge < -0.3 is 9.80 Å². The van der Waals surface area contributed by atoms with Gasteiger partial charge in [-0.2, -0.15) is 0 Å². The molecule has 0 radical (unpaired) electrons. The predicted molar refractivity (Wildman–Crippen MR) is 116 cm³/mol. The summed E-state index contributed by atoms with van der Waals surface area (Å²) in [6.45, 7) is 0.669. The Balaban J connectivity index is 1.81. The molecule has 0 spiro atoms. The zero-order valence-electron chi connectivity index (χ0n) is 17.3. The monoisotopic (exact) mass is 404 g/mol. The third-order valence-electron chi connectivity index (χ3n) is 5.44. The average Bonchev–Trinajstić information content (AvgIpc) is 2.78. The summed E-state index contributed by atoms with van der Waals surface area (Å²) in [7, 11) is 3.77. The van der Waals surface area contributed by atoms with Crippen molar-refractivity contribution in [3.8, 4) is 11.1 Å². The number of carbonyl (C=O) groups is 1. The molecule has 1 aliphatic rings. The molecule has 0 aliphatic carbocycles. The SMILES string of the molecule is CN(C)c1ncc(-c2cccc(F)c2)c([C@@H]2CCCCN2C(=O)c2ccccc2)n1. The van der Waals surface area contributed by atoms with Crippen LogP contribution in [0, 0.1) is 5.82 Å². The minimum atomic E-state index is -0.309. The smallest absolute Gasteiger partial charge is 0.254 e. The first-order valence-corrected chi connectivity index (χ1v) is 10.2. The topological polar surface area (TPSA) is 49.3 Å². The molecule has 0 bridgehead atoms. The summed E-state index contributed by atoms with van der Waals surface area (Å²) in [5.41, 5.74) is 2.91. The molecule has 6 heteroatoms. The van der Waals surface area contributed by atoms with E-state index in [-0.39, 0.29) is 17.8 Å². The molecule has 1 amide bonds. The van der Waals surface area contributed by atoms with Gasteiger partial charge in [0.25, 0.3) is 5.91 Å². The first kappa shape index (κ1) is 20.0. The van der Waals surface area contributed by atoms with Crippen LogP contribution in [0.25, 0.3) is 11.1 Å². The molecule has 1 saturated heterocycles. The number of carbonyl (C=O) groups excluding carboxylic acids is 1. The van der Waals surface area contributed by atoms with Crippen LogP contribution in [0.4, 0.5) is 10.3 Å². The number of anilines is 1. The van der Waals surface area contributed by atoms with Crippen LogP contribution in [0.5, 0.6) is 0 Å². The van der Waals surface area contributed by atoms with Gasteiger partial charge in [-0.15, -0.1) is 0 Å².